The number of rotatable bonds is 3. The number of nitrogens with zero attached hydrogens (tertiary/aromatic N) is 1. The lowest BCUT2D eigenvalue weighted by Crippen LogP contribution is -2.11. The van der Waals surface area contributed by atoms with E-state index in [2.05, 4.69) is 5.32 Å². The smallest absolute Gasteiger partial charge is 0.149 e. The van der Waals surface area contributed by atoms with Crippen molar-refractivity contribution in [3.05, 3.63) is 54.1 Å². The molecule has 0 heterocycles. The van der Waals surface area contributed by atoms with Gasteiger partial charge in [-0.2, -0.15) is 0 Å². The summed E-state index contributed by atoms with van der Waals surface area (Å²) < 4.78 is 26.5. The van der Waals surface area contributed by atoms with E-state index in [4.69, 9.17) is 0 Å². The van der Waals surface area contributed by atoms with Crippen LogP contribution >= 0.6 is 0 Å². The van der Waals surface area contributed by atoms with E-state index in [0.717, 1.165) is 17.4 Å². The Hall–Kier alpha value is -2.10. The molecule has 94 valence electrons. The molecular formula is C14H14F2N2. The van der Waals surface area contributed by atoms with Crippen LogP contribution in [0.3, 0.4) is 0 Å². The highest BCUT2D eigenvalue weighted by molar-refractivity contribution is 5.65. The Labute approximate surface area is 105 Å². The van der Waals surface area contributed by atoms with Crippen molar-refractivity contribution in [1.82, 2.24) is 0 Å². The fourth-order valence-electron chi connectivity index (χ4n) is 1.74. The Morgan fingerprint density at radius 2 is 1.67 bits per heavy atom. The normalized spacial score (nSPS) is 10.2. The van der Waals surface area contributed by atoms with Crippen molar-refractivity contribution in [3.8, 4) is 0 Å². The molecule has 0 aliphatic rings. The van der Waals surface area contributed by atoms with E-state index in [0.29, 0.717) is 5.69 Å². The van der Waals surface area contributed by atoms with Crippen LogP contribution in [0.4, 0.5) is 25.8 Å². The van der Waals surface area contributed by atoms with Gasteiger partial charge in [0, 0.05) is 31.5 Å². The van der Waals surface area contributed by atoms with Crippen molar-refractivity contribution in [2.24, 2.45) is 0 Å². The van der Waals surface area contributed by atoms with E-state index >= 15 is 0 Å². The Bertz CT molecular complexity index is 538. The van der Waals surface area contributed by atoms with Crippen molar-refractivity contribution in [2.45, 2.75) is 0 Å². The van der Waals surface area contributed by atoms with Crippen molar-refractivity contribution >= 4 is 17.1 Å². The van der Waals surface area contributed by atoms with Gasteiger partial charge in [-0.15, -0.1) is 0 Å². The third kappa shape index (κ3) is 2.42. The van der Waals surface area contributed by atoms with Crippen molar-refractivity contribution in [3.63, 3.8) is 0 Å². The monoisotopic (exact) mass is 248 g/mol. The molecule has 0 saturated heterocycles. The summed E-state index contributed by atoms with van der Waals surface area (Å²) in [4.78, 5) is 1.67. The summed E-state index contributed by atoms with van der Waals surface area (Å²) in [5.74, 6) is -1.15. The second-order valence-corrected chi connectivity index (χ2v) is 3.95. The third-order valence-electron chi connectivity index (χ3n) is 2.81. The largest absolute Gasteiger partial charge is 0.388 e. The maximum atomic E-state index is 13.6. The van der Waals surface area contributed by atoms with E-state index in [1.165, 1.54) is 12.1 Å². The molecule has 0 atom stereocenters. The minimum Gasteiger partial charge on any atom is -0.388 e. The summed E-state index contributed by atoms with van der Waals surface area (Å²) in [5, 5.41) is 3.01. The van der Waals surface area contributed by atoms with Gasteiger partial charge in [0.2, 0.25) is 0 Å². The topological polar surface area (TPSA) is 15.3 Å². The second-order valence-electron chi connectivity index (χ2n) is 3.95. The van der Waals surface area contributed by atoms with Gasteiger partial charge in [-0.25, -0.2) is 8.78 Å². The molecule has 18 heavy (non-hydrogen) atoms. The molecule has 0 aliphatic carbocycles. The SMILES string of the molecule is CNc1ccc(N(C)c2ccc(F)cc2F)cc1. The van der Waals surface area contributed by atoms with Crippen LogP contribution < -0.4 is 10.2 Å². The molecule has 0 spiro atoms. The molecule has 2 aromatic rings. The molecule has 1 N–H and O–H groups in total. The fraction of sp³-hybridized carbons (Fsp3) is 0.143. The van der Waals surface area contributed by atoms with Crippen LogP contribution in [0, 0.1) is 11.6 Å². The average molecular weight is 248 g/mol. The molecule has 0 saturated carbocycles. The first kappa shape index (κ1) is 12.4. The first-order valence-electron chi connectivity index (χ1n) is 5.58. The highest BCUT2D eigenvalue weighted by Crippen LogP contribution is 2.27. The maximum Gasteiger partial charge on any atom is 0.149 e. The van der Waals surface area contributed by atoms with Gasteiger partial charge in [0.05, 0.1) is 5.69 Å². The van der Waals surface area contributed by atoms with Gasteiger partial charge in [0.25, 0.3) is 0 Å². The Kier molecular flexibility index (Phi) is 3.46. The van der Waals surface area contributed by atoms with Gasteiger partial charge in [-0.05, 0) is 36.4 Å². The van der Waals surface area contributed by atoms with Crippen LogP contribution in [0.5, 0.6) is 0 Å². The number of halogens is 2. The average Bonchev–Trinajstić information content (AvgIpc) is 2.38. The molecule has 0 amide bonds. The molecular weight excluding hydrogens is 234 g/mol. The molecule has 2 rings (SSSR count). The Morgan fingerprint density at radius 3 is 2.22 bits per heavy atom. The summed E-state index contributed by atoms with van der Waals surface area (Å²) >= 11 is 0. The lowest BCUT2D eigenvalue weighted by atomic mass is 10.2. The van der Waals surface area contributed by atoms with Crippen LogP contribution in [0.2, 0.25) is 0 Å². The number of hydrogen-bond acceptors (Lipinski definition) is 2. The number of hydrogen-bond donors (Lipinski definition) is 1. The maximum absolute atomic E-state index is 13.6. The Balaban J connectivity index is 2.31. The zero-order valence-electron chi connectivity index (χ0n) is 10.2. The summed E-state index contributed by atoms with van der Waals surface area (Å²) in [7, 11) is 3.57. The predicted octanol–water partition coefficient (Wildman–Crippen LogP) is 3.77. The lowest BCUT2D eigenvalue weighted by Gasteiger charge is -2.20. The van der Waals surface area contributed by atoms with Crippen LogP contribution in [0.25, 0.3) is 0 Å². The van der Waals surface area contributed by atoms with Gasteiger partial charge < -0.3 is 10.2 Å². The molecule has 2 nitrogen and oxygen atoms in total. The first-order chi connectivity index (χ1) is 8.61. The predicted molar refractivity (Wildman–Crippen MR) is 70.4 cm³/mol. The zero-order chi connectivity index (χ0) is 13.1. The highest BCUT2D eigenvalue weighted by atomic mass is 19.1. The van der Waals surface area contributed by atoms with Crippen LogP contribution in [0.1, 0.15) is 0 Å². The lowest BCUT2D eigenvalue weighted by molar-refractivity contribution is 0.583. The van der Waals surface area contributed by atoms with Crippen molar-refractivity contribution in [2.75, 3.05) is 24.3 Å². The van der Waals surface area contributed by atoms with Gasteiger partial charge >= 0.3 is 0 Å². The highest BCUT2D eigenvalue weighted by Gasteiger charge is 2.10. The number of anilines is 3. The fourth-order valence-corrected chi connectivity index (χ4v) is 1.74. The molecule has 0 aromatic heterocycles. The molecule has 0 aliphatic heterocycles. The van der Waals surface area contributed by atoms with Crippen LogP contribution in [-0.2, 0) is 0 Å². The third-order valence-corrected chi connectivity index (χ3v) is 2.81. The van der Waals surface area contributed by atoms with E-state index in [-0.39, 0.29) is 0 Å². The minimum atomic E-state index is -0.574. The van der Waals surface area contributed by atoms with Gasteiger partial charge in [0.1, 0.15) is 11.6 Å². The second kappa shape index (κ2) is 5.04. The van der Waals surface area contributed by atoms with Crippen molar-refractivity contribution in [1.29, 1.82) is 0 Å². The summed E-state index contributed by atoms with van der Waals surface area (Å²) in [6.45, 7) is 0. The van der Waals surface area contributed by atoms with Gasteiger partial charge in [-0.3, -0.25) is 0 Å². The van der Waals surface area contributed by atoms with E-state index in [1.54, 1.807) is 11.9 Å². The van der Waals surface area contributed by atoms with Crippen molar-refractivity contribution < 1.29 is 8.78 Å². The zero-order valence-corrected chi connectivity index (χ0v) is 10.2. The standard InChI is InChI=1S/C14H14F2N2/c1-17-11-4-6-12(7-5-11)18(2)14-8-3-10(15)9-13(14)16/h3-9,17H,1-2H3. The molecule has 0 fully saturated rings. The molecule has 0 bridgehead atoms. The summed E-state index contributed by atoms with van der Waals surface area (Å²) in [6.07, 6.45) is 0. The summed E-state index contributed by atoms with van der Waals surface area (Å²) in [6, 6.07) is 11.1. The minimum absolute atomic E-state index is 0.341. The molecule has 0 radical (unpaired) electrons. The number of nitrogens with one attached hydrogen (secondary N) is 1. The van der Waals surface area contributed by atoms with Gasteiger partial charge in [0.15, 0.2) is 0 Å². The first-order valence-corrected chi connectivity index (χ1v) is 5.58. The van der Waals surface area contributed by atoms with E-state index in [9.17, 15) is 8.78 Å². The van der Waals surface area contributed by atoms with E-state index < -0.39 is 11.6 Å². The molecule has 0 unspecified atom stereocenters. The number of benzene rings is 2. The van der Waals surface area contributed by atoms with Crippen LogP contribution in [-0.4, -0.2) is 14.1 Å². The van der Waals surface area contributed by atoms with Crippen LogP contribution in [0.15, 0.2) is 42.5 Å². The summed E-state index contributed by atoms with van der Waals surface area (Å²) in [5.41, 5.74) is 2.15. The Morgan fingerprint density at radius 1 is 1.00 bits per heavy atom. The quantitative estimate of drug-likeness (QED) is 0.889. The van der Waals surface area contributed by atoms with E-state index in [1.807, 2.05) is 31.3 Å². The molecule has 4 heteroatoms. The molecule has 2 aromatic carbocycles. The van der Waals surface area contributed by atoms with Gasteiger partial charge in [-0.1, -0.05) is 0 Å².